The maximum absolute atomic E-state index is 6.05. The standard InChI is InChI=1S/C15H22N2O/c1-4-9-16-14(5-1)12-17-13-6-10-18-15(11-13)7-2-3-8-15/h1,4-5,9,13,17H,2-3,6-8,10-12H2. The zero-order chi connectivity index (χ0) is 12.3. The lowest BCUT2D eigenvalue weighted by molar-refractivity contribution is -0.0838. The van der Waals surface area contributed by atoms with E-state index < -0.39 is 0 Å². The first-order chi connectivity index (χ1) is 8.86. The van der Waals surface area contributed by atoms with Gasteiger partial charge < -0.3 is 10.1 Å². The van der Waals surface area contributed by atoms with Crippen LogP contribution in [-0.4, -0.2) is 23.2 Å². The second kappa shape index (κ2) is 5.37. The fourth-order valence-corrected chi connectivity index (χ4v) is 3.32. The predicted molar refractivity (Wildman–Crippen MR) is 71.2 cm³/mol. The van der Waals surface area contributed by atoms with E-state index in [1.807, 2.05) is 18.3 Å². The number of ether oxygens (including phenoxy) is 1. The molecule has 0 aromatic carbocycles. The largest absolute Gasteiger partial charge is 0.375 e. The molecule has 1 atom stereocenters. The summed E-state index contributed by atoms with van der Waals surface area (Å²) >= 11 is 0. The molecule has 1 aromatic heterocycles. The average molecular weight is 246 g/mol. The smallest absolute Gasteiger partial charge is 0.0697 e. The van der Waals surface area contributed by atoms with Gasteiger partial charge in [-0.15, -0.1) is 0 Å². The highest BCUT2D eigenvalue weighted by Gasteiger charge is 2.39. The van der Waals surface area contributed by atoms with Crippen LogP contribution in [0, 0.1) is 0 Å². The highest BCUT2D eigenvalue weighted by Crippen LogP contribution is 2.39. The number of rotatable bonds is 3. The quantitative estimate of drug-likeness (QED) is 0.890. The Morgan fingerprint density at radius 2 is 2.22 bits per heavy atom. The average Bonchev–Trinajstić information content (AvgIpc) is 2.86. The summed E-state index contributed by atoms with van der Waals surface area (Å²) in [5.74, 6) is 0. The van der Waals surface area contributed by atoms with Crippen LogP contribution in [0.25, 0.3) is 0 Å². The second-order valence-electron chi connectivity index (χ2n) is 5.63. The van der Waals surface area contributed by atoms with Crippen LogP contribution in [0.5, 0.6) is 0 Å². The molecule has 1 N–H and O–H groups in total. The molecule has 0 radical (unpaired) electrons. The van der Waals surface area contributed by atoms with E-state index in [9.17, 15) is 0 Å². The molecule has 98 valence electrons. The summed E-state index contributed by atoms with van der Waals surface area (Å²) < 4.78 is 6.05. The lowest BCUT2D eigenvalue weighted by Crippen LogP contribution is -2.45. The van der Waals surface area contributed by atoms with Crippen LogP contribution in [0.15, 0.2) is 24.4 Å². The summed E-state index contributed by atoms with van der Waals surface area (Å²) in [6.45, 7) is 1.79. The van der Waals surface area contributed by atoms with E-state index >= 15 is 0 Å². The molecule has 2 fully saturated rings. The fraction of sp³-hybridized carbons (Fsp3) is 0.667. The van der Waals surface area contributed by atoms with Crippen LogP contribution in [0.4, 0.5) is 0 Å². The molecule has 0 amide bonds. The topological polar surface area (TPSA) is 34.1 Å². The van der Waals surface area contributed by atoms with E-state index in [1.165, 1.54) is 32.1 Å². The summed E-state index contributed by atoms with van der Waals surface area (Å²) in [6.07, 6.45) is 9.37. The predicted octanol–water partition coefficient (Wildman–Crippen LogP) is 2.66. The maximum Gasteiger partial charge on any atom is 0.0697 e. The molecule has 1 spiro atoms. The summed E-state index contributed by atoms with van der Waals surface area (Å²) in [6, 6.07) is 6.69. The van der Waals surface area contributed by atoms with Crippen molar-refractivity contribution >= 4 is 0 Å². The number of hydrogen-bond acceptors (Lipinski definition) is 3. The zero-order valence-electron chi connectivity index (χ0n) is 10.9. The molecule has 18 heavy (non-hydrogen) atoms. The van der Waals surface area contributed by atoms with Crippen molar-refractivity contribution < 1.29 is 4.74 Å². The molecule has 2 aliphatic rings. The highest BCUT2D eigenvalue weighted by atomic mass is 16.5. The van der Waals surface area contributed by atoms with Crippen molar-refractivity contribution in [3.63, 3.8) is 0 Å². The van der Waals surface area contributed by atoms with Crippen molar-refractivity contribution in [1.82, 2.24) is 10.3 Å². The van der Waals surface area contributed by atoms with Gasteiger partial charge in [-0.25, -0.2) is 0 Å². The van der Waals surface area contributed by atoms with Crippen molar-refractivity contribution in [3.8, 4) is 0 Å². The third kappa shape index (κ3) is 2.73. The van der Waals surface area contributed by atoms with E-state index in [0.29, 0.717) is 6.04 Å². The lowest BCUT2D eigenvalue weighted by Gasteiger charge is -2.38. The van der Waals surface area contributed by atoms with Crippen molar-refractivity contribution in [2.45, 2.75) is 56.7 Å². The Labute approximate surface area is 109 Å². The Bertz CT molecular complexity index is 373. The van der Waals surface area contributed by atoms with Crippen LogP contribution >= 0.6 is 0 Å². The van der Waals surface area contributed by atoms with E-state index in [-0.39, 0.29) is 5.60 Å². The van der Waals surface area contributed by atoms with Gasteiger partial charge in [0.1, 0.15) is 0 Å². The number of nitrogens with zero attached hydrogens (tertiary/aromatic N) is 1. The number of nitrogens with one attached hydrogen (secondary N) is 1. The monoisotopic (exact) mass is 246 g/mol. The van der Waals surface area contributed by atoms with E-state index in [0.717, 1.165) is 25.3 Å². The minimum Gasteiger partial charge on any atom is -0.375 e. The Balaban J connectivity index is 1.54. The number of aromatic nitrogens is 1. The Hall–Kier alpha value is -0.930. The van der Waals surface area contributed by atoms with Gasteiger partial charge >= 0.3 is 0 Å². The maximum atomic E-state index is 6.05. The van der Waals surface area contributed by atoms with E-state index in [1.54, 1.807) is 0 Å². The second-order valence-corrected chi connectivity index (χ2v) is 5.63. The van der Waals surface area contributed by atoms with Gasteiger partial charge in [-0.1, -0.05) is 18.9 Å². The van der Waals surface area contributed by atoms with Crippen LogP contribution in [0.1, 0.15) is 44.2 Å². The molecule has 3 rings (SSSR count). The minimum absolute atomic E-state index is 0.208. The molecular weight excluding hydrogens is 224 g/mol. The lowest BCUT2D eigenvalue weighted by atomic mass is 9.89. The van der Waals surface area contributed by atoms with Crippen molar-refractivity contribution in [2.75, 3.05) is 6.61 Å². The molecule has 1 saturated heterocycles. The Kier molecular flexibility index (Phi) is 3.62. The van der Waals surface area contributed by atoms with Gasteiger partial charge in [0.25, 0.3) is 0 Å². The van der Waals surface area contributed by atoms with Gasteiger partial charge in [0.05, 0.1) is 11.3 Å². The number of hydrogen-bond donors (Lipinski definition) is 1. The van der Waals surface area contributed by atoms with Crippen molar-refractivity contribution in [1.29, 1.82) is 0 Å². The van der Waals surface area contributed by atoms with Crippen LogP contribution in [0.2, 0.25) is 0 Å². The fourth-order valence-electron chi connectivity index (χ4n) is 3.32. The van der Waals surface area contributed by atoms with Gasteiger partial charge in [0.15, 0.2) is 0 Å². The summed E-state index contributed by atoms with van der Waals surface area (Å²) in [5.41, 5.74) is 1.34. The zero-order valence-corrected chi connectivity index (χ0v) is 10.9. The highest BCUT2D eigenvalue weighted by molar-refractivity contribution is 5.03. The van der Waals surface area contributed by atoms with Gasteiger partial charge in [0, 0.05) is 25.4 Å². The summed E-state index contributed by atoms with van der Waals surface area (Å²) in [5, 5.41) is 3.65. The first kappa shape index (κ1) is 12.1. The normalized spacial score (nSPS) is 26.6. The summed E-state index contributed by atoms with van der Waals surface area (Å²) in [4.78, 5) is 4.36. The Morgan fingerprint density at radius 3 is 3.00 bits per heavy atom. The van der Waals surface area contributed by atoms with E-state index in [4.69, 9.17) is 4.74 Å². The van der Waals surface area contributed by atoms with Crippen molar-refractivity contribution in [2.24, 2.45) is 0 Å². The number of pyridine rings is 1. The molecule has 1 unspecified atom stereocenters. The molecule has 2 heterocycles. The Morgan fingerprint density at radius 1 is 1.33 bits per heavy atom. The minimum atomic E-state index is 0.208. The molecule has 3 nitrogen and oxygen atoms in total. The SMILES string of the molecule is c1ccc(CNC2CCOC3(CCCC3)C2)nc1. The molecule has 1 aliphatic carbocycles. The van der Waals surface area contributed by atoms with Gasteiger partial charge in [0.2, 0.25) is 0 Å². The molecule has 0 bridgehead atoms. The summed E-state index contributed by atoms with van der Waals surface area (Å²) in [7, 11) is 0. The molecule has 1 aromatic rings. The molecular formula is C15H22N2O. The van der Waals surface area contributed by atoms with Crippen LogP contribution in [-0.2, 0) is 11.3 Å². The van der Waals surface area contributed by atoms with E-state index in [2.05, 4.69) is 16.4 Å². The van der Waals surface area contributed by atoms with Crippen molar-refractivity contribution in [3.05, 3.63) is 30.1 Å². The third-order valence-corrected chi connectivity index (χ3v) is 4.31. The van der Waals surface area contributed by atoms with Crippen LogP contribution < -0.4 is 5.32 Å². The molecule has 1 aliphatic heterocycles. The van der Waals surface area contributed by atoms with Gasteiger partial charge in [-0.05, 0) is 37.8 Å². The molecule has 1 saturated carbocycles. The van der Waals surface area contributed by atoms with Gasteiger partial charge in [-0.3, -0.25) is 4.98 Å². The first-order valence-corrected chi connectivity index (χ1v) is 7.14. The first-order valence-electron chi connectivity index (χ1n) is 7.14. The van der Waals surface area contributed by atoms with Gasteiger partial charge in [-0.2, -0.15) is 0 Å². The van der Waals surface area contributed by atoms with Crippen LogP contribution in [0.3, 0.4) is 0 Å². The third-order valence-electron chi connectivity index (χ3n) is 4.31. The molecule has 3 heteroatoms.